The summed E-state index contributed by atoms with van der Waals surface area (Å²) in [6, 6.07) is 24.8. The molecular formula is C25H18BrNO3. The van der Waals surface area contributed by atoms with Crippen LogP contribution in [0.1, 0.15) is 22.8 Å². The molecule has 0 saturated carbocycles. The maximum Gasteiger partial charge on any atom is 0.363 e. The molecule has 0 amide bonds. The van der Waals surface area contributed by atoms with Gasteiger partial charge < -0.3 is 9.47 Å². The molecule has 0 radical (unpaired) electrons. The number of hydrogen-bond acceptors (Lipinski definition) is 4. The molecule has 1 aliphatic heterocycles. The van der Waals surface area contributed by atoms with E-state index in [-0.39, 0.29) is 11.8 Å². The summed E-state index contributed by atoms with van der Waals surface area (Å²) in [5, 5.41) is 0. The number of aliphatic imine (C=N–C) groups is 1. The summed E-state index contributed by atoms with van der Waals surface area (Å²) in [4.78, 5) is 16.5. The van der Waals surface area contributed by atoms with Crippen molar-refractivity contribution in [3.05, 3.63) is 118 Å². The van der Waals surface area contributed by atoms with Gasteiger partial charge in [-0.1, -0.05) is 65.0 Å². The number of ether oxygens (including phenoxy) is 2. The summed E-state index contributed by atoms with van der Waals surface area (Å²) in [5.41, 5.74) is 2.86. The van der Waals surface area contributed by atoms with E-state index in [0.717, 1.165) is 21.2 Å². The van der Waals surface area contributed by atoms with Crippen LogP contribution in [0, 0.1) is 0 Å². The average molecular weight is 460 g/mol. The van der Waals surface area contributed by atoms with E-state index in [1.165, 1.54) is 0 Å². The Morgan fingerprint density at radius 2 is 1.67 bits per heavy atom. The topological polar surface area (TPSA) is 47.9 Å². The normalized spacial score (nSPS) is 15.4. The van der Waals surface area contributed by atoms with Crippen LogP contribution in [0.15, 0.2) is 107 Å². The third-order valence-electron chi connectivity index (χ3n) is 4.50. The van der Waals surface area contributed by atoms with Crippen LogP contribution in [0.4, 0.5) is 0 Å². The molecule has 1 atom stereocenters. The number of carbonyl (C=O) groups is 1. The van der Waals surface area contributed by atoms with Crippen molar-refractivity contribution in [1.29, 1.82) is 0 Å². The van der Waals surface area contributed by atoms with Gasteiger partial charge in [-0.05, 0) is 59.7 Å². The van der Waals surface area contributed by atoms with Crippen LogP contribution in [0.3, 0.4) is 0 Å². The minimum atomic E-state index is -0.468. The molecule has 0 spiro atoms. The lowest BCUT2D eigenvalue weighted by molar-refractivity contribution is -0.129. The lowest BCUT2D eigenvalue weighted by Gasteiger charge is -2.16. The lowest BCUT2D eigenvalue weighted by Crippen LogP contribution is -2.05. The molecule has 4 nitrogen and oxygen atoms in total. The smallest absolute Gasteiger partial charge is 0.363 e. The van der Waals surface area contributed by atoms with Gasteiger partial charge in [0, 0.05) is 10.0 Å². The van der Waals surface area contributed by atoms with Gasteiger partial charge in [-0.2, -0.15) is 0 Å². The van der Waals surface area contributed by atoms with Crippen molar-refractivity contribution < 1.29 is 14.3 Å². The summed E-state index contributed by atoms with van der Waals surface area (Å²) in [6.45, 7) is 3.86. The average Bonchev–Trinajstić information content (AvgIpc) is 3.14. The highest BCUT2D eigenvalue weighted by molar-refractivity contribution is 9.10. The number of nitrogens with zero attached hydrogens (tertiary/aromatic N) is 1. The van der Waals surface area contributed by atoms with E-state index in [4.69, 9.17) is 9.47 Å². The number of benzene rings is 3. The van der Waals surface area contributed by atoms with Crippen molar-refractivity contribution in [2.75, 3.05) is 0 Å². The van der Waals surface area contributed by atoms with Crippen molar-refractivity contribution >= 4 is 33.9 Å². The fourth-order valence-corrected chi connectivity index (χ4v) is 3.23. The van der Waals surface area contributed by atoms with Gasteiger partial charge in [0.2, 0.25) is 5.90 Å². The van der Waals surface area contributed by atoms with Crippen molar-refractivity contribution in [3.63, 3.8) is 0 Å². The standard InChI is InChI=1S/C25H18BrNO3/c1-2-23(18-6-4-3-5-7-18)29-21-14-8-17(9-15-21)16-22-25(28)30-24(27-22)19-10-12-20(26)13-11-19/h2-16,23H,1H2/b22-16-. The van der Waals surface area contributed by atoms with Gasteiger partial charge in [0.1, 0.15) is 11.9 Å². The molecule has 3 aromatic carbocycles. The predicted molar refractivity (Wildman–Crippen MR) is 121 cm³/mol. The summed E-state index contributed by atoms with van der Waals surface area (Å²) in [7, 11) is 0. The Kier molecular flexibility index (Phi) is 5.91. The zero-order valence-corrected chi connectivity index (χ0v) is 17.6. The predicted octanol–water partition coefficient (Wildman–Crippen LogP) is 6.10. The highest BCUT2D eigenvalue weighted by atomic mass is 79.9. The highest BCUT2D eigenvalue weighted by Crippen LogP contribution is 2.25. The molecule has 0 saturated heterocycles. The fourth-order valence-electron chi connectivity index (χ4n) is 2.97. The van der Waals surface area contributed by atoms with Gasteiger partial charge in [0.25, 0.3) is 0 Å². The summed E-state index contributed by atoms with van der Waals surface area (Å²) < 4.78 is 12.3. The van der Waals surface area contributed by atoms with E-state index >= 15 is 0 Å². The van der Waals surface area contributed by atoms with E-state index in [1.807, 2.05) is 78.9 Å². The molecule has 1 unspecified atom stereocenters. The first-order chi connectivity index (χ1) is 14.6. The number of hydrogen-bond donors (Lipinski definition) is 0. The Bertz CT molecular complexity index is 1120. The number of rotatable bonds is 6. The zero-order chi connectivity index (χ0) is 20.9. The molecule has 0 bridgehead atoms. The van der Waals surface area contributed by atoms with Crippen molar-refractivity contribution in [2.24, 2.45) is 4.99 Å². The molecule has 1 heterocycles. The lowest BCUT2D eigenvalue weighted by atomic mass is 10.1. The van der Waals surface area contributed by atoms with Crippen molar-refractivity contribution in [3.8, 4) is 5.75 Å². The van der Waals surface area contributed by atoms with Crippen LogP contribution in [0.2, 0.25) is 0 Å². The Hall–Kier alpha value is -3.44. The van der Waals surface area contributed by atoms with Crippen molar-refractivity contribution in [2.45, 2.75) is 6.10 Å². The molecule has 0 N–H and O–H groups in total. The Morgan fingerprint density at radius 1 is 0.967 bits per heavy atom. The third-order valence-corrected chi connectivity index (χ3v) is 5.03. The highest BCUT2D eigenvalue weighted by Gasteiger charge is 2.24. The number of halogens is 1. The molecular weight excluding hydrogens is 442 g/mol. The van der Waals surface area contributed by atoms with Gasteiger partial charge in [0.05, 0.1) is 0 Å². The van der Waals surface area contributed by atoms with E-state index in [2.05, 4.69) is 27.5 Å². The van der Waals surface area contributed by atoms with Crippen LogP contribution in [0.5, 0.6) is 5.75 Å². The molecule has 5 heteroatoms. The Balaban J connectivity index is 1.50. The van der Waals surface area contributed by atoms with Crippen LogP contribution in [-0.4, -0.2) is 11.9 Å². The number of esters is 1. The first-order valence-electron chi connectivity index (χ1n) is 9.35. The van der Waals surface area contributed by atoms with Gasteiger partial charge in [-0.25, -0.2) is 9.79 Å². The maximum atomic E-state index is 12.2. The molecule has 30 heavy (non-hydrogen) atoms. The minimum absolute atomic E-state index is 0.238. The monoisotopic (exact) mass is 459 g/mol. The van der Waals surface area contributed by atoms with Gasteiger partial charge in [-0.15, -0.1) is 0 Å². The molecule has 0 aromatic heterocycles. The molecule has 1 aliphatic rings. The zero-order valence-electron chi connectivity index (χ0n) is 16.0. The van der Waals surface area contributed by atoms with Gasteiger partial charge >= 0.3 is 5.97 Å². The second kappa shape index (κ2) is 8.93. The first-order valence-corrected chi connectivity index (χ1v) is 10.1. The summed E-state index contributed by atoms with van der Waals surface area (Å²) in [6.07, 6.45) is 3.22. The maximum absolute atomic E-state index is 12.2. The number of carbonyl (C=O) groups excluding carboxylic acids is 1. The summed E-state index contributed by atoms with van der Waals surface area (Å²) in [5.74, 6) is 0.540. The van der Waals surface area contributed by atoms with Crippen LogP contribution in [0.25, 0.3) is 6.08 Å². The Labute approximate surface area is 183 Å². The molecule has 148 valence electrons. The minimum Gasteiger partial charge on any atom is -0.482 e. The molecule has 0 aliphatic carbocycles. The van der Waals surface area contributed by atoms with Gasteiger partial charge in [0.15, 0.2) is 5.70 Å². The molecule has 3 aromatic rings. The Morgan fingerprint density at radius 3 is 2.33 bits per heavy atom. The first kappa shape index (κ1) is 19.9. The number of cyclic esters (lactones) is 1. The third kappa shape index (κ3) is 4.58. The van der Waals surface area contributed by atoms with Crippen LogP contribution >= 0.6 is 15.9 Å². The molecule has 0 fully saturated rings. The quantitative estimate of drug-likeness (QED) is 0.254. The fraction of sp³-hybridized carbons (Fsp3) is 0.0400. The van der Waals surface area contributed by atoms with Crippen LogP contribution < -0.4 is 4.74 Å². The second-order valence-corrected chi connectivity index (χ2v) is 7.51. The van der Waals surface area contributed by atoms with Crippen LogP contribution in [-0.2, 0) is 9.53 Å². The second-order valence-electron chi connectivity index (χ2n) is 6.60. The SMILES string of the molecule is C=CC(Oc1ccc(/C=C2\N=C(c3ccc(Br)cc3)OC2=O)cc1)c1ccccc1. The van der Waals surface area contributed by atoms with E-state index in [0.29, 0.717) is 11.6 Å². The largest absolute Gasteiger partial charge is 0.482 e. The summed E-state index contributed by atoms with van der Waals surface area (Å²) >= 11 is 3.39. The van der Waals surface area contributed by atoms with Crippen molar-refractivity contribution in [1.82, 2.24) is 0 Å². The molecule has 4 rings (SSSR count). The van der Waals surface area contributed by atoms with E-state index < -0.39 is 5.97 Å². The van der Waals surface area contributed by atoms with E-state index in [9.17, 15) is 4.79 Å². The van der Waals surface area contributed by atoms with Gasteiger partial charge in [-0.3, -0.25) is 0 Å². The van der Waals surface area contributed by atoms with E-state index in [1.54, 1.807) is 12.2 Å².